The summed E-state index contributed by atoms with van der Waals surface area (Å²) in [5.74, 6) is 0.901. The van der Waals surface area contributed by atoms with E-state index in [-0.39, 0.29) is 5.41 Å². The Labute approximate surface area is 246 Å². The van der Waals surface area contributed by atoms with Crippen molar-refractivity contribution in [2.45, 2.75) is 74.5 Å². The van der Waals surface area contributed by atoms with Crippen LogP contribution in [0.2, 0.25) is 5.02 Å². The van der Waals surface area contributed by atoms with Gasteiger partial charge in [0.15, 0.2) is 0 Å². The average molecular weight is 561 g/mol. The van der Waals surface area contributed by atoms with E-state index in [0.29, 0.717) is 0 Å². The van der Waals surface area contributed by atoms with Crippen LogP contribution in [-0.4, -0.2) is 42.4 Å². The Balaban J connectivity index is 1.20. The fraction of sp³-hybridized carbons (Fsp3) is 0.486. The lowest BCUT2D eigenvalue weighted by Crippen LogP contribution is -2.42. The van der Waals surface area contributed by atoms with E-state index in [1.54, 1.807) is 11.1 Å². The molecule has 1 heterocycles. The highest BCUT2D eigenvalue weighted by Gasteiger charge is 2.37. The van der Waals surface area contributed by atoms with Crippen molar-refractivity contribution in [3.63, 3.8) is 0 Å². The molecule has 0 N–H and O–H groups in total. The van der Waals surface area contributed by atoms with Gasteiger partial charge in [0.2, 0.25) is 0 Å². The average Bonchev–Trinajstić information content (AvgIpc) is 3.13. The molecule has 0 bridgehead atoms. The third-order valence-electron chi connectivity index (χ3n) is 9.06. The van der Waals surface area contributed by atoms with Crippen molar-refractivity contribution in [1.82, 2.24) is 9.21 Å². The van der Waals surface area contributed by atoms with E-state index in [9.17, 15) is 0 Å². The van der Waals surface area contributed by atoms with Gasteiger partial charge in [0.25, 0.3) is 0 Å². The fourth-order valence-corrected chi connectivity index (χ4v) is 8.19. The topological polar surface area (TPSA) is 6.48 Å². The molecule has 0 aromatic heterocycles. The minimum absolute atomic E-state index is 0.194. The first-order valence-electron chi connectivity index (χ1n) is 15.1. The molecule has 3 aromatic rings. The van der Waals surface area contributed by atoms with Gasteiger partial charge in [0, 0.05) is 21.9 Å². The number of fused-ring (bicyclic) bond motifs is 1. The molecule has 0 saturated carbocycles. The normalized spacial score (nSPS) is 20.6. The summed E-state index contributed by atoms with van der Waals surface area (Å²) >= 11 is 8.14. The van der Waals surface area contributed by atoms with Crippen molar-refractivity contribution in [2.24, 2.45) is 5.92 Å². The van der Waals surface area contributed by atoms with Crippen molar-refractivity contribution in [3.05, 3.63) is 101 Å². The van der Waals surface area contributed by atoms with Crippen molar-refractivity contribution in [3.8, 4) is 0 Å². The Kier molecular flexibility index (Phi) is 10.5. The number of likely N-dealkylation sites (N-methyl/N-ethyl adjacent to an activating group) is 1. The lowest BCUT2D eigenvalue weighted by atomic mass is 9.73. The molecule has 0 radical (unpaired) electrons. The first-order valence-corrected chi connectivity index (χ1v) is 16.2. The first-order chi connectivity index (χ1) is 19.1. The van der Waals surface area contributed by atoms with E-state index < -0.39 is 0 Å². The van der Waals surface area contributed by atoms with Crippen molar-refractivity contribution >= 4 is 23.5 Å². The number of likely N-dealkylation sites (tertiary alicyclic amines) is 1. The maximum Gasteiger partial charge on any atom is 0.0417 e. The third kappa shape index (κ3) is 8.13. The Bertz CT molecular complexity index is 1160. The number of hydrogen-bond donors (Lipinski definition) is 0. The number of piperidine rings is 1. The largest absolute Gasteiger partial charge is 0.303 e. The van der Waals surface area contributed by atoms with E-state index in [1.807, 2.05) is 18.0 Å². The molecule has 4 heteroatoms. The first kappa shape index (κ1) is 28.7. The molecule has 1 aliphatic carbocycles. The Morgan fingerprint density at radius 2 is 1.74 bits per heavy atom. The van der Waals surface area contributed by atoms with Crippen LogP contribution >= 0.6 is 23.5 Å². The standard InChI is InChI=1S/C35H45ClN2S/c1-37(39-33-18-10-17-32(36)27-33)28-35(22-8-7-16-31-15-5-6-19-34(31)35)23-26-38-24-20-30(21-25-38)14-9-13-29-11-3-2-4-12-29/h2-6,10-12,15,17-19,27,30H,7-9,13-14,16,20-26,28H2,1H3. The lowest BCUT2D eigenvalue weighted by molar-refractivity contribution is 0.156. The quantitative estimate of drug-likeness (QED) is 0.170. The van der Waals surface area contributed by atoms with Gasteiger partial charge < -0.3 is 4.90 Å². The van der Waals surface area contributed by atoms with Crippen molar-refractivity contribution < 1.29 is 0 Å². The zero-order chi connectivity index (χ0) is 26.9. The SMILES string of the molecule is CN(CC1(CCN2CCC(CCCc3ccccc3)CC2)CCCCc2ccccc21)Sc1cccc(Cl)c1. The summed E-state index contributed by atoms with van der Waals surface area (Å²) in [6.07, 6.45) is 13.0. The summed E-state index contributed by atoms with van der Waals surface area (Å²) in [4.78, 5) is 3.99. The Morgan fingerprint density at radius 3 is 2.56 bits per heavy atom. The number of halogens is 1. The molecule has 2 aliphatic rings. The van der Waals surface area contributed by atoms with Crippen LogP contribution in [0.15, 0.2) is 83.8 Å². The highest BCUT2D eigenvalue weighted by molar-refractivity contribution is 7.97. The molecule has 1 aliphatic heterocycles. The predicted octanol–water partition coefficient (Wildman–Crippen LogP) is 9.07. The monoisotopic (exact) mass is 560 g/mol. The summed E-state index contributed by atoms with van der Waals surface area (Å²) in [5, 5.41) is 0.811. The summed E-state index contributed by atoms with van der Waals surface area (Å²) < 4.78 is 2.47. The molecule has 1 saturated heterocycles. The Hall–Kier alpha value is -1.78. The second-order valence-electron chi connectivity index (χ2n) is 11.9. The van der Waals surface area contributed by atoms with Crippen LogP contribution in [-0.2, 0) is 18.3 Å². The van der Waals surface area contributed by atoms with Crippen LogP contribution in [0.5, 0.6) is 0 Å². The van der Waals surface area contributed by atoms with Crippen LogP contribution in [0.3, 0.4) is 0 Å². The molecule has 208 valence electrons. The summed E-state index contributed by atoms with van der Waals surface area (Å²) in [7, 11) is 2.27. The highest BCUT2D eigenvalue weighted by atomic mass is 35.5. The minimum atomic E-state index is 0.194. The zero-order valence-corrected chi connectivity index (χ0v) is 25.2. The molecule has 5 rings (SSSR count). The summed E-state index contributed by atoms with van der Waals surface area (Å²) in [5.41, 5.74) is 4.87. The molecule has 0 spiro atoms. The number of nitrogens with zero attached hydrogens (tertiary/aromatic N) is 2. The van der Waals surface area contributed by atoms with E-state index in [4.69, 9.17) is 11.6 Å². The summed E-state index contributed by atoms with van der Waals surface area (Å²) in [6.45, 7) is 4.81. The maximum absolute atomic E-state index is 6.30. The van der Waals surface area contributed by atoms with E-state index in [0.717, 1.165) is 17.5 Å². The molecular formula is C35H45ClN2S. The molecule has 1 unspecified atom stereocenters. The highest BCUT2D eigenvalue weighted by Crippen LogP contribution is 2.42. The van der Waals surface area contributed by atoms with Crippen molar-refractivity contribution in [2.75, 3.05) is 33.2 Å². The van der Waals surface area contributed by atoms with E-state index >= 15 is 0 Å². The van der Waals surface area contributed by atoms with Gasteiger partial charge in [-0.1, -0.05) is 85.1 Å². The Morgan fingerprint density at radius 1 is 0.949 bits per heavy atom. The van der Waals surface area contributed by atoms with E-state index in [1.165, 1.54) is 94.3 Å². The third-order valence-corrected chi connectivity index (χ3v) is 10.2. The smallest absolute Gasteiger partial charge is 0.0417 e. The molecule has 1 fully saturated rings. The number of aryl methyl sites for hydroxylation is 2. The van der Waals surface area contributed by atoms with Gasteiger partial charge in [-0.15, -0.1) is 0 Å². The van der Waals surface area contributed by atoms with Gasteiger partial charge in [-0.2, -0.15) is 0 Å². The van der Waals surface area contributed by atoms with Gasteiger partial charge in [-0.05, 0) is 131 Å². The molecule has 39 heavy (non-hydrogen) atoms. The van der Waals surface area contributed by atoms with Gasteiger partial charge in [0.1, 0.15) is 0 Å². The second kappa shape index (κ2) is 14.2. The molecule has 0 amide bonds. The zero-order valence-electron chi connectivity index (χ0n) is 23.7. The summed E-state index contributed by atoms with van der Waals surface area (Å²) in [6, 6.07) is 28.6. The second-order valence-corrected chi connectivity index (χ2v) is 13.6. The van der Waals surface area contributed by atoms with Gasteiger partial charge >= 0.3 is 0 Å². The van der Waals surface area contributed by atoms with Crippen molar-refractivity contribution in [1.29, 1.82) is 0 Å². The van der Waals surface area contributed by atoms with Crippen LogP contribution in [0.4, 0.5) is 0 Å². The minimum Gasteiger partial charge on any atom is -0.303 e. The lowest BCUT2D eigenvalue weighted by Gasteiger charge is -2.40. The van der Waals surface area contributed by atoms with Crippen LogP contribution in [0.25, 0.3) is 0 Å². The van der Waals surface area contributed by atoms with Gasteiger partial charge in [0.05, 0.1) is 0 Å². The number of rotatable bonds is 11. The molecule has 3 aromatic carbocycles. The van der Waals surface area contributed by atoms with E-state index in [2.05, 4.69) is 89.0 Å². The maximum atomic E-state index is 6.30. The van der Waals surface area contributed by atoms with Crippen LogP contribution in [0, 0.1) is 5.92 Å². The molecular weight excluding hydrogens is 516 g/mol. The van der Waals surface area contributed by atoms with Crippen LogP contribution in [0.1, 0.15) is 68.1 Å². The number of benzene rings is 3. The predicted molar refractivity (Wildman–Crippen MR) is 169 cm³/mol. The van der Waals surface area contributed by atoms with Crippen LogP contribution < -0.4 is 0 Å². The van der Waals surface area contributed by atoms with Gasteiger partial charge in [-0.25, -0.2) is 4.31 Å². The molecule has 1 atom stereocenters. The molecule has 2 nitrogen and oxygen atoms in total. The fourth-order valence-electron chi connectivity index (χ4n) is 6.94. The van der Waals surface area contributed by atoms with Gasteiger partial charge in [-0.3, -0.25) is 0 Å². The number of hydrogen-bond acceptors (Lipinski definition) is 3.